The van der Waals surface area contributed by atoms with E-state index in [0.717, 1.165) is 39.0 Å². The molecule has 1 N–H and O–H groups in total. The number of rotatable bonds is 10. The molecule has 1 aromatic carbocycles. The largest absolute Gasteiger partial charge is 0.493 e. The van der Waals surface area contributed by atoms with Crippen molar-refractivity contribution >= 4 is 17.5 Å². The van der Waals surface area contributed by atoms with Gasteiger partial charge < -0.3 is 29.3 Å². The van der Waals surface area contributed by atoms with Crippen molar-refractivity contribution < 1.29 is 23.8 Å². The minimum absolute atomic E-state index is 0.0781. The van der Waals surface area contributed by atoms with Gasteiger partial charge in [-0.3, -0.25) is 9.59 Å². The van der Waals surface area contributed by atoms with E-state index in [1.54, 1.807) is 12.1 Å². The highest BCUT2D eigenvalue weighted by Gasteiger charge is 2.27. The quantitative estimate of drug-likeness (QED) is 0.626. The van der Waals surface area contributed by atoms with Crippen molar-refractivity contribution in [3.63, 3.8) is 0 Å². The van der Waals surface area contributed by atoms with Crippen molar-refractivity contribution in [1.82, 2.24) is 9.80 Å². The van der Waals surface area contributed by atoms with Crippen LogP contribution < -0.4 is 19.5 Å². The average molecular weight is 422 g/mol. The van der Waals surface area contributed by atoms with Gasteiger partial charge >= 0.3 is 0 Å². The molecule has 1 saturated heterocycles. The van der Waals surface area contributed by atoms with E-state index in [0.29, 0.717) is 35.9 Å². The number of nitrogens with zero attached hydrogens (tertiary/aromatic N) is 2. The lowest BCUT2D eigenvalue weighted by molar-refractivity contribution is -0.136. The number of ether oxygens (including phenoxy) is 3. The number of carbonyl (C=O) groups excluding carboxylic acids is 2. The summed E-state index contributed by atoms with van der Waals surface area (Å²) < 4.78 is 15.9. The fraction of sp³-hybridized carbons (Fsp3) is 0.636. The van der Waals surface area contributed by atoms with Crippen molar-refractivity contribution in [2.45, 2.75) is 33.1 Å². The normalized spacial score (nSPS) is 14.8. The van der Waals surface area contributed by atoms with Crippen molar-refractivity contribution in [2.24, 2.45) is 5.92 Å². The zero-order chi connectivity index (χ0) is 22.1. The Morgan fingerprint density at radius 2 is 1.60 bits per heavy atom. The maximum Gasteiger partial charge on any atom is 0.225 e. The number of piperidine rings is 1. The Kier molecular flexibility index (Phi) is 9.23. The molecular formula is C22H35N3O5. The van der Waals surface area contributed by atoms with Gasteiger partial charge in [-0.2, -0.15) is 0 Å². The minimum Gasteiger partial charge on any atom is -0.493 e. The Labute approximate surface area is 179 Å². The van der Waals surface area contributed by atoms with E-state index in [4.69, 9.17) is 14.2 Å². The summed E-state index contributed by atoms with van der Waals surface area (Å²) in [5.74, 6) is 1.76. The maximum atomic E-state index is 12.5. The number of anilines is 1. The second-order valence-electron chi connectivity index (χ2n) is 7.34. The standard InChI is InChI=1S/C22H35N3O5/c1-6-25(7-2)22(27)16-8-11-24(12-9-16)13-10-20(26)23-17-14-18(28-3)21(30-5)19(15-17)29-4/h14-16H,6-13H2,1-5H3,(H,23,26). The van der Waals surface area contributed by atoms with Crippen LogP contribution in [0.15, 0.2) is 12.1 Å². The number of benzene rings is 1. The Bertz CT molecular complexity index is 688. The number of carbonyl (C=O) groups is 2. The van der Waals surface area contributed by atoms with Gasteiger partial charge in [0.2, 0.25) is 17.6 Å². The van der Waals surface area contributed by atoms with Crippen molar-refractivity contribution in [3.8, 4) is 17.2 Å². The third kappa shape index (κ3) is 6.01. The number of nitrogens with one attached hydrogen (secondary N) is 1. The number of methoxy groups -OCH3 is 3. The first-order valence-corrected chi connectivity index (χ1v) is 10.6. The fourth-order valence-corrected chi connectivity index (χ4v) is 3.83. The van der Waals surface area contributed by atoms with Crippen LogP contribution in [0.3, 0.4) is 0 Å². The van der Waals surface area contributed by atoms with Gasteiger partial charge in [0.25, 0.3) is 0 Å². The number of hydrogen-bond acceptors (Lipinski definition) is 6. The molecule has 0 atom stereocenters. The lowest BCUT2D eigenvalue weighted by Gasteiger charge is -2.33. The molecule has 1 heterocycles. The monoisotopic (exact) mass is 421 g/mol. The molecule has 0 radical (unpaired) electrons. The molecule has 8 nitrogen and oxygen atoms in total. The molecule has 0 aromatic heterocycles. The van der Waals surface area contributed by atoms with Gasteiger partial charge in [0.05, 0.1) is 21.3 Å². The summed E-state index contributed by atoms with van der Waals surface area (Å²) in [6, 6.07) is 3.42. The first-order chi connectivity index (χ1) is 14.5. The molecule has 1 aliphatic heterocycles. The van der Waals surface area contributed by atoms with Gasteiger partial charge in [0.1, 0.15) is 0 Å². The molecule has 30 heavy (non-hydrogen) atoms. The summed E-state index contributed by atoms with van der Waals surface area (Å²) >= 11 is 0. The highest BCUT2D eigenvalue weighted by Crippen LogP contribution is 2.39. The van der Waals surface area contributed by atoms with Gasteiger partial charge in [0, 0.05) is 49.8 Å². The van der Waals surface area contributed by atoms with Crippen molar-refractivity contribution in [3.05, 3.63) is 12.1 Å². The van der Waals surface area contributed by atoms with Gasteiger partial charge in [-0.05, 0) is 39.8 Å². The van der Waals surface area contributed by atoms with Crippen LogP contribution in [0, 0.1) is 5.92 Å². The zero-order valence-corrected chi connectivity index (χ0v) is 18.8. The predicted octanol–water partition coefficient (Wildman–Crippen LogP) is 2.62. The topological polar surface area (TPSA) is 80.3 Å². The average Bonchev–Trinajstić information content (AvgIpc) is 2.78. The fourth-order valence-electron chi connectivity index (χ4n) is 3.83. The van der Waals surface area contributed by atoms with E-state index in [1.807, 2.05) is 18.7 Å². The van der Waals surface area contributed by atoms with Crippen molar-refractivity contribution in [1.29, 1.82) is 0 Å². The SMILES string of the molecule is CCN(CC)C(=O)C1CCN(CCC(=O)Nc2cc(OC)c(OC)c(OC)c2)CC1. The molecule has 168 valence electrons. The zero-order valence-electron chi connectivity index (χ0n) is 18.8. The molecule has 2 rings (SSSR count). The van der Waals surface area contributed by atoms with E-state index >= 15 is 0 Å². The van der Waals surface area contributed by atoms with Crippen LogP contribution in [0.5, 0.6) is 17.2 Å². The molecule has 1 fully saturated rings. The Morgan fingerprint density at radius 3 is 2.07 bits per heavy atom. The molecule has 0 spiro atoms. The summed E-state index contributed by atoms with van der Waals surface area (Å²) in [5, 5.41) is 2.90. The molecule has 8 heteroatoms. The summed E-state index contributed by atoms with van der Waals surface area (Å²) in [6.07, 6.45) is 2.08. The van der Waals surface area contributed by atoms with Crippen LogP contribution in [0.1, 0.15) is 33.1 Å². The first kappa shape index (κ1) is 23.8. The summed E-state index contributed by atoms with van der Waals surface area (Å²) in [7, 11) is 4.62. The number of amides is 2. The molecule has 1 aliphatic rings. The Balaban J connectivity index is 1.84. The molecule has 0 unspecified atom stereocenters. The molecule has 0 saturated carbocycles. The minimum atomic E-state index is -0.0781. The second-order valence-corrected chi connectivity index (χ2v) is 7.34. The number of hydrogen-bond donors (Lipinski definition) is 1. The van der Waals surface area contributed by atoms with Gasteiger partial charge in [-0.15, -0.1) is 0 Å². The summed E-state index contributed by atoms with van der Waals surface area (Å²) in [4.78, 5) is 29.1. The molecule has 0 aliphatic carbocycles. The summed E-state index contributed by atoms with van der Waals surface area (Å²) in [5.41, 5.74) is 0.595. The lowest BCUT2D eigenvalue weighted by atomic mass is 9.95. The van der Waals surface area contributed by atoms with Crippen LogP contribution in [-0.4, -0.2) is 75.7 Å². The van der Waals surface area contributed by atoms with E-state index in [9.17, 15) is 9.59 Å². The van der Waals surface area contributed by atoms with E-state index in [1.165, 1.54) is 21.3 Å². The smallest absolute Gasteiger partial charge is 0.225 e. The first-order valence-electron chi connectivity index (χ1n) is 10.6. The third-order valence-electron chi connectivity index (χ3n) is 5.62. The van der Waals surface area contributed by atoms with Gasteiger partial charge in [-0.1, -0.05) is 0 Å². The van der Waals surface area contributed by atoms with E-state index in [2.05, 4.69) is 10.2 Å². The van der Waals surface area contributed by atoms with E-state index in [-0.39, 0.29) is 17.7 Å². The highest BCUT2D eigenvalue weighted by atomic mass is 16.5. The van der Waals surface area contributed by atoms with Crippen LogP contribution in [0.25, 0.3) is 0 Å². The maximum absolute atomic E-state index is 12.5. The Hall–Kier alpha value is -2.48. The van der Waals surface area contributed by atoms with E-state index < -0.39 is 0 Å². The highest BCUT2D eigenvalue weighted by molar-refractivity contribution is 5.91. The van der Waals surface area contributed by atoms with Crippen LogP contribution in [0.4, 0.5) is 5.69 Å². The Morgan fingerprint density at radius 1 is 1.03 bits per heavy atom. The van der Waals surface area contributed by atoms with Crippen molar-refractivity contribution in [2.75, 3.05) is 59.4 Å². The van der Waals surface area contributed by atoms with Crippen LogP contribution in [-0.2, 0) is 9.59 Å². The molecule has 1 aromatic rings. The lowest BCUT2D eigenvalue weighted by Crippen LogP contribution is -2.43. The summed E-state index contributed by atoms with van der Waals surface area (Å²) in [6.45, 7) is 7.91. The third-order valence-corrected chi connectivity index (χ3v) is 5.62. The van der Waals surface area contributed by atoms with Gasteiger partial charge in [0.15, 0.2) is 11.5 Å². The second kappa shape index (κ2) is 11.6. The van der Waals surface area contributed by atoms with Crippen LogP contribution >= 0.6 is 0 Å². The van der Waals surface area contributed by atoms with Crippen LogP contribution in [0.2, 0.25) is 0 Å². The predicted molar refractivity (Wildman–Crippen MR) is 116 cm³/mol. The van der Waals surface area contributed by atoms with Gasteiger partial charge in [-0.25, -0.2) is 0 Å². The molecule has 0 bridgehead atoms. The molecule has 2 amide bonds. The molecular weight excluding hydrogens is 386 g/mol. The number of likely N-dealkylation sites (tertiary alicyclic amines) is 1.